The Labute approximate surface area is 95.9 Å². The Morgan fingerprint density at radius 1 is 1.40 bits per heavy atom. The van der Waals surface area contributed by atoms with E-state index in [-0.39, 0.29) is 0 Å². The Balaban J connectivity index is 2.66. The van der Waals surface area contributed by atoms with Crippen molar-refractivity contribution in [2.24, 2.45) is 0 Å². The Bertz CT molecular complexity index is 533. The van der Waals surface area contributed by atoms with Crippen LogP contribution in [0, 0.1) is 0 Å². The molecule has 0 bridgehead atoms. The lowest BCUT2D eigenvalue weighted by molar-refractivity contribution is 0.0595. The average molecular weight is 244 g/mol. The molecule has 1 aromatic heterocycles. The number of fused-ring (bicyclic) bond motifs is 1. The summed E-state index contributed by atoms with van der Waals surface area (Å²) in [5.41, 5.74) is 1.11. The summed E-state index contributed by atoms with van der Waals surface area (Å²) in [6.45, 7) is 0. The lowest BCUT2D eigenvalue weighted by Gasteiger charge is -1.95. The number of hydrogen-bond acceptors (Lipinski definition) is 2. The number of hydrogen-bond donors (Lipinski definition) is 1. The van der Waals surface area contributed by atoms with Crippen molar-refractivity contribution in [2.75, 3.05) is 7.11 Å². The Hall–Kier alpha value is -1.19. The number of aromatic amines is 1. The highest BCUT2D eigenvalue weighted by atomic mass is 35.5. The van der Waals surface area contributed by atoms with Gasteiger partial charge in [0.25, 0.3) is 0 Å². The molecule has 5 heteroatoms. The molecule has 15 heavy (non-hydrogen) atoms. The predicted octanol–water partition coefficient (Wildman–Crippen LogP) is 3.26. The van der Waals surface area contributed by atoms with Gasteiger partial charge >= 0.3 is 5.97 Å². The van der Waals surface area contributed by atoms with E-state index in [0.717, 1.165) is 5.52 Å². The van der Waals surface area contributed by atoms with Gasteiger partial charge in [-0.1, -0.05) is 23.2 Å². The molecule has 1 heterocycles. The zero-order valence-corrected chi connectivity index (χ0v) is 9.32. The first-order valence-electron chi connectivity index (χ1n) is 4.18. The number of benzene rings is 1. The highest BCUT2D eigenvalue weighted by molar-refractivity contribution is 6.45. The number of methoxy groups -OCH3 is 1. The van der Waals surface area contributed by atoms with Crippen LogP contribution in [0.3, 0.4) is 0 Å². The molecular weight excluding hydrogens is 237 g/mol. The summed E-state index contributed by atoms with van der Waals surface area (Å²) in [5.74, 6) is -0.432. The Morgan fingerprint density at radius 3 is 2.80 bits per heavy atom. The van der Waals surface area contributed by atoms with E-state index in [2.05, 4.69) is 9.72 Å². The molecular formula is C10H7Cl2NO2. The van der Waals surface area contributed by atoms with Crippen molar-refractivity contribution < 1.29 is 9.53 Å². The Morgan fingerprint density at radius 2 is 2.13 bits per heavy atom. The minimum Gasteiger partial charge on any atom is -0.464 e. The van der Waals surface area contributed by atoms with E-state index in [1.165, 1.54) is 7.11 Å². The molecule has 0 unspecified atom stereocenters. The molecule has 0 aliphatic carbocycles. The van der Waals surface area contributed by atoms with Crippen molar-refractivity contribution >= 4 is 40.1 Å². The summed E-state index contributed by atoms with van der Waals surface area (Å²) < 4.78 is 4.59. The first-order chi connectivity index (χ1) is 7.13. The van der Waals surface area contributed by atoms with Crippen LogP contribution < -0.4 is 0 Å². The van der Waals surface area contributed by atoms with Crippen LogP contribution in [0.1, 0.15) is 10.5 Å². The van der Waals surface area contributed by atoms with Gasteiger partial charge in [0.05, 0.1) is 17.2 Å². The number of carbonyl (C=O) groups is 1. The van der Waals surface area contributed by atoms with E-state index in [0.29, 0.717) is 21.1 Å². The second-order valence-electron chi connectivity index (χ2n) is 3.00. The van der Waals surface area contributed by atoms with E-state index in [4.69, 9.17) is 23.2 Å². The average Bonchev–Trinajstić information content (AvgIpc) is 2.67. The molecule has 0 saturated heterocycles. The second kappa shape index (κ2) is 3.76. The fraction of sp³-hybridized carbons (Fsp3) is 0.100. The predicted molar refractivity (Wildman–Crippen MR) is 59.7 cm³/mol. The fourth-order valence-electron chi connectivity index (χ4n) is 1.36. The minimum atomic E-state index is -0.432. The van der Waals surface area contributed by atoms with Crippen LogP contribution in [0.15, 0.2) is 18.2 Å². The van der Waals surface area contributed by atoms with Gasteiger partial charge in [-0.15, -0.1) is 0 Å². The highest BCUT2D eigenvalue weighted by Crippen LogP contribution is 2.31. The molecule has 2 rings (SSSR count). The standard InChI is InChI=1S/C10H7Cl2NO2/c1-15-10(14)8-4-5-7(13-8)3-2-6(11)9(5)12/h2-4,13H,1H3. The van der Waals surface area contributed by atoms with Gasteiger partial charge in [0, 0.05) is 10.9 Å². The van der Waals surface area contributed by atoms with E-state index >= 15 is 0 Å². The van der Waals surface area contributed by atoms with Crippen LogP contribution in [0.2, 0.25) is 10.0 Å². The third kappa shape index (κ3) is 1.68. The van der Waals surface area contributed by atoms with Crippen LogP contribution >= 0.6 is 23.2 Å². The number of esters is 1. The molecule has 0 fully saturated rings. The zero-order valence-electron chi connectivity index (χ0n) is 7.80. The summed E-state index contributed by atoms with van der Waals surface area (Å²) >= 11 is 11.8. The van der Waals surface area contributed by atoms with Gasteiger partial charge in [-0.3, -0.25) is 0 Å². The molecule has 0 aliphatic heterocycles. The first-order valence-corrected chi connectivity index (χ1v) is 4.94. The molecule has 0 saturated carbocycles. The molecule has 0 atom stereocenters. The molecule has 0 amide bonds. The van der Waals surface area contributed by atoms with Gasteiger partial charge in [-0.2, -0.15) is 0 Å². The van der Waals surface area contributed by atoms with Crippen LogP contribution in [0.25, 0.3) is 10.9 Å². The number of halogens is 2. The molecule has 0 spiro atoms. The van der Waals surface area contributed by atoms with E-state index in [1.807, 2.05) is 0 Å². The van der Waals surface area contributed by atoms with Crippen molar-refractivity contribution in [1.29, 1.82) is 0 Å². The first kappa shape index (κ1) is 10.3. The normalized spacial score (nSPS) is 10.6. The molecule has 0 radical (unpaired) electrons. The zero-order chi connectivity index (χ0) is 11.0. The van der Waals surface area contributed by atoms with E-state index < -0.39 is 5.97 Å². The van der Waals surface area contributed by atoms with Crippen LogP contribution in [-0.2, 0) is 4.74 Å². The number of rotatable bonds is 1. The van der Waals surface area contributed by atoms with Crippen molar-refractivity contribution in [3.05, 3.63) is 33.9 Å². The summed E-state index contributed by atoms with van der Waals surface area (Å²) in [4.78, 5) is 14.1. The maximum absolute atomic E-state index is 11.2. The van der Waals surface area contributed by atoms with Crippen molar-refractivity contribution in [1.82, 2.24) is 4.98 Å². The molecule has 1 N–H and O–H groups in total. The maximum Gasteiger partial charge on any atom is 0.354 e. The number of ether oxygens (including phenoxy) is 1. The molecule has 2 aromatic rings. The topological polar surface area (TPSA) is 42.1 Å². The van der Waals surface area contributed by atoms with Gasteiger partial charge in [0.2, 0.25) is 0 Å². The third-order valence-electron chi connectivity index (χ3n) is 2.10. The van der Waals surface area contributed by atoms with Gasteiger partial charge in [0.15, 0.2) is 0 Å². The van der Waals surface area contributed by atoms with Crippen molar-refractivity contribution in [3.8, 4) is 0 Å². The summed E-state index contributed by atoms with van der Waals surface area (Å²) in [6, 6.07) is 5.05. The number of carbonyl (C=O) groups excluding carboxylic acids is 1. The number of aromatic nitrogens is 1. The largest absolute Gasteiger partial charge is 0.464 e. The smallest absolute Gasteiger partial charge is 0.354 e. The van der Waals surface area contributed by atoms with Crippen LogP contribution in [-0.4, -0.2) is 18.1 Å². The van der Waals surface area contributed by atoms with Crippen molar-refractivity contribution in [3.63, 3.8) is 0 Å². The minimum absolute atomic E-state index is 0.358. The van der Waals surface area contributed by atoms with Crippen LogP contribution in [0.4, 0.5) is 0 Å². The molecule has 0 aliphatic rings. The number of H-pyrrole nitrogens is 1. The van der Waals surface area contributed by atoms with Gasteiger partial charge in [-0.05, 0) is 18.2 Å². The van der Waals surface area contributed by atoms with Crippen LogP contribution in [0.5, 0.6) is 0 Å². The second-order valence-corrected chi connectivity index (χ2v) is 3.78. The lowest BCUT2D eigenvalue weighted by atomic mass is 10.2. The summed E-state index contributed by atoms with van der Waals surface area (Å²) in [6.07, 6.45) is 0. The quantitative estimate of drug-likeness (QED) is 0.782. The molecule has 1 aromatic carbocycles. The summed E-state index contributed by atoms with van der Waals surface area (Å²) in [5, 5.41) is 1.60. The van der Waals surface area contributed by atoms with Gasteiger partial charge in [0.1, 0.15) is 5.69 Å². The number of nitrogens with one attached hydrogen (secondary N) is 1. The fourth-order valence-corrected chi connectivity index (χ4v) is 1.75. The van der Waals surface area contributed by atoms with Gasteiger partial charge < -0.3 is 9.72 Å². The van der Waals surface area contributed by atoms with E-state index in [9.17, 15) is 4.79 Å². The Kier molecular flexibility index (Phi) is 2.59. The summed E-state index contributed by atoms with van der Waals surface area (Å²) in [7, 11) is 1.32. The molecule has 78 valence electrons. The van der Waals surface area contributed by atoms with E-state index in [1.54, 1.807) is 18.2 Å². The lowest BCUT2D eigenvalue weighted by Crippen LogP contribution is -2.00. The van der Waals surface area contributed by atoms with Gasteiger partial charge in [-0.25, -0.2) is 4.79 Å². The SMILES string of the molecule is COC(=O)c1cc2c(Cl)c(Cl)ccc2[nH]1. The third-order valence-corrected chi connectivity index (χ3v) is 2.91. The van der Waals surface area contributed by atoms with Crippen molar-refractivity contribution in [2.45, 2.75) is 0 Å². The molecule has 3 nitrogen and oxygen atoms in total. The maximum atomic E-state index is 11.2. The highest BCUT2D eigenvalue weighted by Gasteiger charge is 2.12. The monoisotopic (exact) mass is 243 g/mol.